The number of carboxylic acids is 1. The van der Waals surface area contributed by atoms with E-state index >= 15 is 0 Å². The minimum Gasteiger partial charge on any atom is -0.480 e. The molecule has 0 unspecified atom stereocenters. The summed E-state index contributed by atoms with van der Waals surface area (Å²) >= 11 is 1.51. The van der Waals surface area contributed by atoms with Crippen molar-refractivity contribution in [2.45, 2.75) is 50.9 Å². The molecule has 0 aliphatic heterocycles. The fraction of sp³-hybridized carbons (Fsp3) is 0.400. The Kier molecular flexibility index (Phi) is 8.38. The summed E-state index contributed by atoms with van der Waals surface area (Å²) in [5.74, 6) is -0.204. The highest BCUT2D eigenvalue weighted by Gasteiger charge is 2.22. The molecule has 0 atom stereocenters. The van der Waals surface area contributed by atoms with Gasteiger partial charge in [0.1, 0.15) is 12.1 Å². The van der Waals surface area contributed by atoms with Crippen LogP contribution in [-0.4, -0.2) is 56.1 Å². The number of imidazole rings is 1. The van der Waals surface area contributed by atoms with Gasteiger partial charge in [0.05, 0.1) is 11.0 Å². The fourth-order valence-electron chi connectivity index (χ4n) is 3.40. The number of amides is 1. The molecule has 1 N–H and O–H groups in total. The van der Waals surface area contributed by atoms with E-state index in [0.29, 0.717) is 24.0 Å². The van der Waals surface area contributed by atoms with Crippen LogP contribution < -0.4 is 0 Å². The number of hydrogen-bond acceptors (Lipinski definition) is 5. The van der Waals surface area contributed by atoms with Crippen molar-refractivity contribution < 1.29 is 19.4 Å². The zero-order valence-corrected chi connectivity index (χ0v) is 20.2. The number of rotatable bonds is 10. The van der Waals surface area contributed by atoms with Gasteiger partial charge in [0.15, 0.2) is 5.16 Å². The van der Waals surface area contributed by atoms with Gasteiger partial charge < -0.3 is 19.3 Å². The molecule has 3 aromatic rings. The summed E-state index contributed by atoms with van der Waals surface area (Å²) in [4.78, 5) is 30.4. The Labute approximate surface area is 198 Å². The lowest BCUT2D eigenvalue weighted by Crippen LogP contribution is -2.38. The van der Waals surface area contributed by atoms with Crippen LogP contribution in [0.25, 0.3) is 11.0 Å². The Morgan fingerprint density at radius 2 is 1.76 bits per heavy atom. The monoisotopic (exact) mass is 469 g/mol. The number of para-hydroxylation sites is 2. The van der Waals surface area contributed by atoms with Gasteiger partial charge in [-0.2, -0.15) is 0 Å². The van der Waals surface area contributed by atoms with Crippen molar-refractivity contribution in [3.63, 3.8) is 0 Å². The summed E-state index contributed by atoms with van der Waals surface area (Å²) < 4.78 is 7.33. The Balaban J connectivity index is 1.62. The second kappa shape index (κ2) is 11.2. The van der Waals surface area contributed by atoms with Crippen LogP contribution in [0, 0.1) is 0 Å². The molecule has 2 aromatic carbocycles. The standard InChI is InChI=1S/C25H31N3O4S/c1-25(2,3)32-24(31)27(16-14-19-10-5-4-6-11-19)15-9-17-33-23-26-20-12-7-8-13-21(20)28(23)18-22(29)30/h4-8,10-13H,9,14-18H2,1-3H3,(H,29,30). The van der Waals surface area contributed by atoms with Crippen LogP contribution in [0.15, 0.2) is 59.8 Å². The number of hydrogen-bond donors (Lipinski definition) is 1. The Morgan fingerprint density at radius 3 is 2.45 bits per heavy atom. The number of carbonyl (C=O) groups is 2. The number of ether oxygens (including phenoxy) is 1. The van der Waals surface area contributed by atoms with Crippen molar-refractivity contribution in [1.29, 1.82) is 0 Å². The molecular formula is C25H31N3O4S. The van der Waals surface area contributed by atoms with Gasteiger partial charge >= 0.3 is 12.1 Å². The van der Waals surface area contributed by atoms with Crippen LogP contribution in [0.5, 0.6) is 0 Å². The Morgan fingerprint density at radius 1 is 1.06 bits per heavy atom. The molecule has 0 aliphatic rings. The van der Waals surface area contributed by atoms with E-state index in [1.54, 1.807) is 9.47 Å². The average molecular weight is 470 g/mol. The minimum absolute atomic E-state index is 0.135. The number of carbonyl (C=O) groups excluding carboxylic acids is 1. The number of benzene rings is 2. The summed E-state index contributed by atoms with van der Waals surface area (Å²) in [6.45, 7) is 6.58. The zero-order valence-electron chi connectivity index (χ0n) is 19.4. The predicted octanol–water partition coefficient (Wildman–Crippen LogP) is 5.08. The smallest absolute Gasteiger partial charge is 0.410 e. The first-order chi connectivity index (χ1) is 15.7. The summed E-state index contributed by atoms with van der Waals surface area (Å²) in [5, 5.41) is 9.98. The first-order valence-corrected chi connectivity index (χ1v) is 12.0. The summed E-state index contributed by atoms with van der Waals surface area (Å²) in [6, 6.07) is 17.6. The van der Waals surface area contributed by atoms with Crippen molar-refractivity contribution in [1.82, 2.24) is 14.5 Å². The normalized spacial score (nSPS) is 11.5. The van der Waals surface area contributed by atoms with Crippen LogP contribution in [0.4, 0.5) is 4.79 Å². The van der Waals surface area contributed by atoms with Gasteiger partial charge in [-0.3, -0.25) is 4.79 Å². The van der Waals surface area contributed by atoms with E-state index in [2.05, 4.69) is 17.1 Å². The molecular weight excluding hydrogens is 438 g/mol. The van der Waals surface area contributed by atoms with Crippen LogP contribution >= 0.6 is 11.8 Å². The summed E-state index contributed by atoms with van der Waals surface area (Å²) in [7, 11) is 0. The number of thioether (sulfide) groups is 1. The second-order valence-corrected chi connectivity index (χ2v) is 9.83. The molecule has 1 heterocycles. The molecule has 33 heavy (non-hydrogen) atoms. The van der Waals surface area contributed by atoms with E-state index in [1.165, 1.54) is 17.3 Å². The maximum absolute atomic E-state index is 12.8. The third-order valence-electron chi connectivity index (χ3n) is 4.88. The van der Waals surface area contributed by atoms with Crippen LogP contribution in [0.2, 0.25) is 0 Å². The first-order valence-electron chi connectivity index (χ1n) is 11.0. The lowest BCUT2D eigenvalue weighted by atomic mass is 10.1. The molecule has 1 aromatic heterocycles. The van der Waals surface area contributed by atoms with Crippen molar-refractivity contribution in [3.8, 4) is 0 Å². The van der Waals surface area contributed by atoms with Crippen LogP contribution in [0.1, 0.15) is 32.8 Å². The molecule has 0 bridgehead atoms. The van der Waals surface area contributed by atoms with Crippen molar-refractivity contribution in [2.24, 2.45) is 0 Å². The van der Waals surface area contributed by atoms with E-state index in [9.17, 15) is 14.7 Å². The predicted molar refractivity (Wildman–Crippen MR) is 131 cm³/mol. The third-order valence-corrected chi connectivity index (χ3v) is 5.94. The van der Waals surface area contributed by atoms with E-state index in [1.807, 2.05) is 63.2 Å². The summed E-state index contributed by atoms with van der Waals surface area (Å²) in [5.41, 5.74) is 2.20. The maximum atomic E-state index is 12.8. The van der Waals surface area contributed by atoms with Crippen molar-refractivity contribution in [2.75, 3.05) is 18.8 Å². The molecule has 0 radical (unpaired) electrons. The highest BCUT2D eigenvalue weighted by molar-refractivity contribution is 7.99. The highest BCUT2D eigenvalue weighted by atomic mass is 32.2. The van der Waals surface area contributed by atoms with E-state index < -0.39 is 11.6 Å². The van der Waals surface area contributed by atoms with Crippen LogP contribution in [-0.2, 0) is 22.5 Å². The number of carboxylic acid groups (broad SMARTS) is 1. The fourth-order valence-corrected chi connectivity index (χ4v) is 4.34. The Hall–Kier alpha value is -3.00. The molecule has 0 saturated heterocycles. The lowest BCUT2D eigenvalue weighted by Gasteiger charge is -2.27. The lowest BCUT2D eigenvalue weighted by molar-refractivity contribution is -0.137. The molecule has 3 rings (SSSR count). The summed E-state index contributed by atoms with van der Waals surface area (Å²) in [6.07, 6.45) is 1.16. The molecule has 0 saturated carbocycles. The topological polar surface area (TPSA) is 84.7 Å². The number of nitrogens with zero attached hydrogens (tertiary/aromatic N) is 3. The average Bonchev–Trinajstić information content (AvgIpc) is 3.09. The van der Waals surface area contributed by atoms with Crippen molar-refractivity contribution in [3.05, 3.63) is 60.2 Å². The maximum Gasteiger partial charge on any atom is 0.410 e. The van der Waals surface area contributed by atoms with Gasteiger partial charge in [-0.05, 0) is 51.3 Å². The van der Waals surface area contributed by atoms with Crippen molar-refractivity contribution >= 4 is 34.9 Å². The highest BCUT2D eigenvalue weighted by Crippen LogP contribution is 2.24. The molecule has 0 aliphatic carbocycles. The number of aliphatic carboxylic acids is 1. The van der Waals surface area contributed by atoms with E-state index in [4.69, 9.17) is 4.74 Å². The minimum atomic E-state index is -0.906. The molecule has 8 heteroatoms. The molecule has 0 fully saturated rings. The Bertz CT molecular complexity index is 1080. The van der Waals surface area contributed by atoms with Gasteiger partial charge in [0.25, 0.3) is 0 Å². The zero-order chi connectivity index (χ0) is 23.8. The second-order valence-electron chi connectivity index (χ2n) is 8.77. The largest absolute Gasteiger partial charge is 0.480 e. The van der Waals surface area contributed by atoms with Gasteiger partial charge in [0, 0.05) is 18.8 Å². The van der Waals surface area contributed by atoms with Crippen LogP contribution in [0.3, 0.4) is 0 Å². The molecule has 0 spiro atoms. The van der Waals surface area contributed by atoms with Gasteiger partial charge in [-0.1, -0.05) is 54.2 Å². The quantitative estimate of drug-likeness (QED) is 0.329. The van der Waals surface area contributed by atoms with Gasteiger partial charge in [0.2, 0.25) is 0 Å². The molecule has 176 valence electrons. The van der Waals surface area contributed by atoms with Gasteiger partial charge in [-0.25, -0.2) is 9.78 Å². The first kappa shape index (κ1) is 24.6. The van der Waals surface area contributed by atoms with E-state index in [0.717, 1.165) is 23.9 Å². The molecule has 1 amide bonds. The number of aromatic nitrogens is 2. The third kappa shape index (κ3) is 7.53. The SMILES string of the molecule is CC(C)(C)OC(=O)N(CCCSc1nc2ccccc2n1CC(=O)O)CCc1ccccc1. The van der Waals surface area contributed by atoms with Gasteiger partial charge in [-0.15, -0.1) is 0 Å². The molecule has 7 nitrogen and oxygen atoms in total. The number of fused-ring (bicyclic) bond motifs is 1. The van der Waals surface area contributed by atoms with E-state index in [-0.39, 0.29) is 12.6 Å².